The van der Waals surface area contributed by atoms with Gasteiger partial charge in [-0.05, 0) is 11.6 Å². The Morgan fingerprint density at radius 1 is 1.78 bits per heavy atom. The Kier molecular flexibility index (Phi) is 1.48. The number of rotatable bonds is 0. The maximum atomic E-state index is 10.6. The number of hydrogen-bond acceptors (Lipinski definition) is 3. The van der Waals surface area contributed by atoms with Gasteiger partial charge in [0.15, 0.2) is 0 Å². The van der Waals surface area contributed by atoms with E-state index in [0.29, 0.717) is 0 Å². The van der Waals surface area contributed by atoms with Crippen LogP contribution in [0.25, 0.3) is 0 Å². The van der Waals surface area contributed by atoms with Crippen molar-refractivity contribution in [2.24, 2.45) is 7.05 Å². The minimum atomic E-state index is -0.255. The highest BCUT2D eigenvalue weighted by Gasteiger charge is 1.94. The Labute approximate surface area is 56.1 Å². The summed E-state index contributed by atoms with van der Waals surface area (Å²) in [4.78, 5) is 10.6. The first kappa shape index (κ1) is 6.22. The summed E-state index contributed by atoms with van der Waals surface area (Å²) in [5.41, 5.74) is -0.255. The van der Waals surface area contributed by atoms with Gasteiger partial charge < -0.3 is 0 Å². The van der Waals surface area contributed by atoms with Gasteiger partial charge >= 0.3 is 0 Å². The van der Waals surface area contributed by atoms with E-state index >= 15 is 0 Å². The minimum absolute atomic E-state index is 0.0995. The summed E-state index contributed by atoms with van der Waals surface area (Å²) in [6, 6.07) is 0. The average molecular weight is 146 g/mol. The second-order valence-corrected chi connectivity index (χ2v) is 1.85. The third-order valence-electron chi connectivity index (χ3n) is 0.916. The van der Waals surface area contributed by atoms with Crippen LogP contribution in [0.3, 0.4) is 0 Å². The van der Waals surface area contributed by atoms with Crippen molar-refractivity contribution in [3.63, 3.8) is 0 Å². The van der Waals surface area contributed by atoms with Gasteiger partial charge in [-0.15, -0.1) is 5.10 Å². The summed E-state index contributed by atoms with van der Waals surface area (Å²) in [5.74, 6) is 0. The Bertz CT molecular complexity index is 269. The number of halogens is 1. The summed E-state index contributed by atoms with van der Waals surface area (Å²) in [7, 11) is 1.53. The van der Waals surface area contributed by atoms with Crippen LogP contribution in [0.15, 0.2) is 11.0 Å². The van der Waals surface area contributed by atoms with E-state index in [-0.39, 0.29) is 10.8 Å². The lowest BCUT2D eigenvalue weighted by molar-refractivity contribution is 0.775. The van der Waals surface area contributed by atoms with E-state index < -0.39 is 0 Å². The third kappa shape index (κ3) is 1.08. The summed E-state index contributed by atoms with van der Waals surface area (Å²) in [5, 5.41) is 6.85. The van der Waals surface area contributed by atoms with E-state index in [2.05, 4.69) is 10.2 Å². The zero-order chi connectivity index (χ0) is 6.85. The van der Waals surface area contributed by atoms with Crippen molar-refractivity contribution in [3.05, 3.63) is 21.8 Å². The van der Waals surface area contributed by atoms with Gasteiger partial charge in [0.2, 0.25) is 5.28 Å². The zero-order valence-corrected chi connectivity index (χ0v) is 5.46. The van der Waals surface area contributed by atoms with Crippen LogP contribution in [0.5, 0.6) is 0 Å². The standard InChI is InChI=1S/C4H4ClN3O/c1-8-3(9)2-6-7-4(8)5/h2H,1H3. The van der Waals surface area contributed by atoms with Crippen molar-refractivity contribution in [1.82, 2.24) is 14.8 Å². The molecule has 1 aromatic rings. The fourth-order valence-electron chi connectivity index (χ4n) is 0.371. The highest BCUT2D eigenvalue weighted by molar-refractivity contribution is 6.28. The lowest BCUT2D eigenvalue weighted by atomic mass is 10.8. The lowest BCUT2D eigenvalue weighted by Crippen LogP contribution is -2.17. The molecule has 0 unspecified atom stereocenters. The lowest BCUT2D eigenvalue weighted by Gasteiger charge is -1.93. The van der Waals surface area contributed by atoms with Crippen molar-refractivity contribution < 1.29 is 0 Å². The summed E-state index contributed by atoms with van der Waals surface area (Å²) < 4.78 is 1.20. The van der Waals surface area contributed by atoms with E-state index in [1.807, 2.05) is 0 Å². The van der Waals surface area contributed by atoms with Crippen molar-refractivity contribution in [2.45, 2.75) is 0 Å². The number of hydrogen-bond donors (Lipinski definition) is 0. The van der Waals surface area contributed by atoms with Crippen LogP contribution >= 0.6 is 11.6 Å². The first-order chi connectivity index (χ1) is 4.22. The Balaban J connectivity index is 3.43. The minimum Gasteiger partial charge on any atom is -0.284 e. The molecule has 0 atom stereocenters. The molecule has 0 amide bonds. The molecule has 0 radical (unpaired) electrons. The normalized spacial score (nSPS) is 9.56. The van der Waals surface area contributed by atoms with Crippen LogP contribution in [0.4, 0.5) is 0 Å². The van der Waals surface area contributed by atoms with E-state index in [9.17, 15) is 4.79 Å². The van der Waals surface area contributed by atoms with Crippen molar-refractivity contribution in [3.8, 4) is 0 Å². The summed E-state index contributed by atoms with van der Waals surface area (Å²) in [6.07, 6.45) is 1.10. The molecule has 0 N–H and O–H groups in total. The molecular weight excluding hydrogens is 142 g/mol. The topological polar surface area (TPSA) is 47.8 Å². The Morgan fingerprint density at radius 2 is 2.44 bits per heavy atom. The molecule has 1 rings (SSSR count). The van der Waals surface area contributed by atoms with Gasteiger partial charge in [-0.25, -0.2) is 0 Å². The maximum Gasteiger partial charge on any atom is 0.272 e. The fraction of sp³-hybridized carbons (Fsp3) is 0.250. The second kappa shape index (κ2) is 2.14. The molecule has 0 saturated heterocycles. The van der Waals surface area contributed by atoms with Crippen LogP contribution in [-0.2, 0) is 7.05 Å². The van der Waals surface area contributed by atoms with Gasteiger partial charge in [0.05, 0.1) is 0 Å². The van der Waals surface area contributed by atoms with Gasteiger partial charge in [-0.3, -0.25) is 9.36 Å². The summed E-state index contributed by atoms with van der Waals surface area (Å²) in [6.45, 7) is 0. The molecule has 0 fully saturated rings. The first-order valence-electron chi connectivity index (χ1n) is 2.26. The number of nitrogens with zero attached hydrogens (tertiary/aromatic N) is 3. The zero-order valence-electron chi connectivity index (χ0n) is 4.71. The van der Waals surface area contributed by atoms with E-state index in [1.54, 1.807) is 0 Å². The van der Waals surface area contributed by atoms with Gasteiger partial charge in [0.1, 0.15) is 6.20 Å². The molecule has 0 bridgehead atoms. The van der Waals surface area contributed by atoms with Gasteiger partial charge in [0.25, 0.3) is 5.56 Å². The molecule has 5 heteroatoms. The van der Waals surface area contributed by atoms with Crippen LogP contribution in [0, 0.1) is 0 Å². The molecule has 1 aromatic heterocycles. The predicted octanol–water partition coefficient (Wildman–Crippen LogP) is -0.171. The Hall–Kier alpha value is -0.900. The van der Waals surface area contributed by atoms with Crippen molar-refractivity contribution in [2.75, 3.05) is 0 Å². The third-order valence-corrected chi connectivity index (χ3v) is 1.24. The van der Waals surface area contributed by atoms with Crippen LogP contribution in [0.1, 0.15) is 0 Å². The molecule has 4 nitrogen and oxygen atoms in total. The van der Waals surface area contributed by atoms with Crippen LogP contribution < -0.4 is 5.56 Å². The van der Waals surface area contributed by atoms with Crippen molar-refractivity contribution in [1.29, 1.82) is 0 Å². The maximum absolute atomic E-state index is 10.6. The average Bonchev–Trinajstić information content (AvgIpc) is 1.83. The fourth-order valence-corrected chi connectivity index (χ4v) is 0.497. The number of aromatic nitrogens is 3. The molecular formula is C4H4ClN3O. The van der Waals surface area contributed by atoms with E-state index in [0.717, 1.165) is 6.20 Å². The SMILES string of the molecule is Cn1c(Cl)nncc1=O. The molecule has 0 aliphatic rings. The second-order valence-electron chi connectivity index (χ2n) is 1.51. The van der Waals surface area contributed by atoms with E-state index in [1.165, 1.54) is 11.6 Å². The van der Waals surface area contributed by atoms with Gasteiger partial charge in [-0.1, -0.05) is 0 Å². The molecule has 48 valence electrons. The molecule has 0 spiro atoms. The molecule has 0 aliphatic carbocycles. The smallest absolute Gasteiger partial charge is 0.272 e. The first-order valence-corrected chi connectivity index (χ1v) is 2.64. The quantitative estimate of drug-likeness (QED) is 0.509. The van der Waals surface area contributed by atoms with Crippen LogP contribution in [0.2, 0.25) is 5.28 Å². The molecule has 0 saturated carbocycles. The predicted molar refractivity (Wildman–Crippen MR) is 32.3 cm³/mol. The van der Waals surface area contributed by atoms with Crippen LogP contribution in [-0.4, -0.2) is 14.8 Å². The highest BCUT2D eigenvalue weighted by atomic mass is 35.5. The van der Waals surface area contributed by atoms with Gasteiger partial charge in [-0.2, -0.15) is 5.10 Å². The van der Waals surface area contributed by atoms with Crippen molar-refractivity contribution >= 4 is 11.6 Å². The highest BCUT2D eigenvalue weighted by Crippen LogP contribution is 1.92. The van der Waals surface area contributed by atoms with Gasteiger partial charge in [0, 0.05) is 7.05 Å². The largest absolute Gasteiger partial charge is 0.284 e. The Morgan fingerprint density at radius 3 is 2.89 bits per heavy atom. The monoisotopic (exact) mass is 145 g/mol. The molecule has 1 heterocycles. The van der Waals surface area contributed by atoms with E-state index in [4.69, 9.17) is 11.6 Å². The molecule has 0 aromatic carbocycles. The summed E-state index contributed by atoms with van der Waals surface area (Å²) >= 11 is 5.40. The molecule has 9 heavy (non-hydrogen) atoms. The molecule has 0 aliphatic heterocycles.